The summed E-state index contributed by atoms with van der Waals surface area (Å²) in [5, 5.41) is 19.0. The number of aliphatic hydroxyl groups excluding tert-OH is 1. The predicted octanol–water partition coefficient (Wildman–Crippen LogP) is 3.32. The molecule has 0 aliphatic carbocycles. The van der Waals surface area contributed by atoms with Crippen LogP contribution in [0.4, 0.5) is 0 Å². The van der Waals surface area contributed by atoms with Crippen molar-refractivity contribution in [2.45, 2.75) is 37.8 Å². The highest BCUT2D eigenvalue weighted by Crippen LogP contribution is 2.39. The van der Waals surface area contributed by atoms with Crippen molar-refractivity contribution in [3.8, 4) is 0 Å². The molecule has 0 saturated heterocycles. The molecule has 1 rings (SSSR count). The van der Waals surface area contributed by atoms with Crippen LogP contribution < -0.4 is 0 Å². The van der Waals surface area contributed by atoms with Crippen LogP contribution in [0.25, 0.3) is 0 Å². The van der Waals surface area contributed by atoms with Crippen LogP contribution in [0, 0.1) is 11.3 Å². The maximum atomic E-state index is 12.4. The predicted molar refractivity (Wildman–Crippen MR) is 104 cm³/mol. The molecule has 0 aromatic rings. The first-order valence-corrected chi connectivity index (χ1v) is 9.33. The monoisotopic (exact) mass is 454 g/mol. The van der Waals surface area contributed by atoms with E-state index in [9.17, 15) is 24.6 Å². The molecular weight excluding hydrogens is 435 g/mol. The lowest BCUT2D eigenvalue weighted by Crippen LogP contribution is -2.36. The van der Waals surface area contributed by atoms with E-state index in [-0.39, 0.29) is 23.3 Å². The minimum absolute atomic E-state index is 0.00248. The number of aliphatic hydroxyl groups is 1. The number of carbonyl (C=O) groups excluding carboxylic acids is 2. The second kappa shape index (κ2) is 9.31. The zero-order chi connectivity index (χ0) is 21.9. The summed E-state index contributed by atoms with van der Waals surface area (Å²) in [4.78, 5) is 36.1. The first kappa shape index (κ1) is 24.5. The van der Waals surface area contributed by atoms with Gasteiger partial charge in [0.15, 0.2) is 0 Å². The fraction of sp³-hybridized carbons (Fsp3) is 0.500. The topological polar surface area (TPSA) is 110 Å². The molecular formula is C18H21Cl3O7. The number of carboxylic acids is 1. The van der Waals surface area contributed by atoms with Gasteiger partial charge in [-0.3, -0.25) is 0 Å². The number of cyclic esters (lactones) is 2. The van der Waals surface area contributed by atoms with Crippen LogP contribution >= 0.6 is 34.8 Å². The van der Waals surface area contributed by atoms with Crippen molar-refractivity contribution in [3.05, 3.63) is 34.9 Å². The zero-order valence-corrected chi connectivity index (χ0v) is 17.9. The molecule has 0 spiro atoms. The number of carbonyl (C=O) groups is 3. The Labute approximate surface area is 177 Å². The van der Waals surface area contributed by atoms with Crippen molar-refractivity contribution in [1.82, 2.24) is 0 Å². The highest BCUT2D eigenvalue weighted by Gasteiger charge is 2.43. The quantitative estimate of drug-likeness (QED) is 0.380. The van der Waals surface area contributed by atoms with Gasteiger partial charge < -0.3 is 19.7 Å². The fourth-order valence-corrected chi connectivity index (χ4v) is 2.88. The van der Waals surface area contributed by atoms with Crippen LogP contribution in [-0.4, -0.2) is 44.8 Å². The van der Waals surface area contributed by atoms with Gasteiger partial charge in [0.1, 0.15) is 0 Å². The second-order valence-corrected chi connectivity index (χ2v) is 8.26. The number of ether oxygens (including phenoxy) is 2. The van der Waals surface area contributed by atoms with E-state index < -0.39 is 39.3 Å². The lowest BCUT2D eigenvalue weighted by Gasteiger charge is -2.31. The van der Waals surface area contributed by atoms with E-state index in [2.05, 4.69) is 0 Å². The van der Waals surface area contributed by atoms with Crippen LogP contribution in [-0.2, 0) is 23.9 Å². The molecule has 0 fully saturated rings. The summed E-state index contributed by atoms with van der Waals surface area (Å²) in [6, 6.07) is 0. The summed E-state index contributed by atoms with van der Waals surface area (Å²) in [5.41, 5.74) is -3.08. The van der Waals surface area contributed by atoms with E-state index in [1.54, 1.807) is 6.92 Å². The Morgan fingerprint density at radius 3 is 2.21 bits per heavy atom. The van der Waals surface area contributed by atoms with E-state index in [1.807, 2.05) is 0 Å². The first-order chi connectivity index (χ1) is 12.8. The number of alkyl halides is 3. The minimum atomic E-state index is -2.36. The van der Waals surface area contributed by atoms with Gasteiger partial charge in [0.05, 0.1) is 0 Å². The van der Waals surface area contributed by atoms with Crippen molar-refractivity contribution in [2.24, 2.45) is 11.3 Å². The van der Waals surface area contributed by atoms with Gasteiger partial charge in [-0.25, -0.2) is 14.4 Å². The van der Waals surface area contributed by atoms with Crippen molar-refractivity contribution in [3.63, 3.8) is 0 Å². The number of aliphatic carboxylic acids is 1. The van der Waals surface area contributed by atoms with Crippen LogP contribution in [0.5, 0.6) is 0 Å². The molecule has 0 radical (unpaired) electrons. The molecule has 3 unspecified atom stereocenters. The molecule has 1 aliphatic heterocycles. The first-order valence-electron chi connectivity index (χ1n) is 8.14. The van der Waals surface area contributed by atoms with Gasteiger partial charge in [-0.2, -0.15) is 0 Å². The van der Waals surface area contributed by atoms with E-state index in [4.69, 9.17) is 44.3 Å². The maximum absolute atomic E-state index is 12.4. The molecule has 1 aliphatic rings. The second-order valence-electron chi connectivity index (χ2n) is 6.54. The average molecular weight is 456 g/mol. The number of hydrogen-bond donors (Lipinski definition) is 2. The fourth-order valence-electron chi connectivity index (χ4n) is 2.52. The van der Waals surface area contributed by atoms with Crippen LogP contribution in [0.15, 0.2) is 34.9 Å². The lowest BCUT2D eigenvalue weighted by molar-refractivity contribution is -0.154. The summed E-state index contributed by atoms with van der Waals surface area (Å²) in [7, 11) is 0. The summed E-state index contributed by atoms with van der Waals surface area (Å²) >= 11 is 17.6. The van der Waals surface area contributed by atoms with E-state index in [1.165, 1.54) is 39.0 Å². The number of rotatable bonds is 4. The summed E-state index contributed by atoms with van der Waals surface area (Å²) in [6.07, 6.45) is 4.09. The Balaban J connectivity index is 3.81. The smallest absolute Gasteiger partial charge is 0.336 e. The Morgan fingerprint density at radius 2 is 1.75 bits per heavy atom. The minimum Gasteiger partial charge on any atom is -0.478 e. The van der Waals surface area contributed by atoms with Crippen molar-refractivity contribution in [1.29, 1.82) is 0 Å². The van der Waals surface area contributed by atoms with E-state index in [0.29, 0.717) is 0 Å². The third-order valence-electron chi connectivity index (χ3n) is 4.21. The number of carboxylic acid groups (broad SMARTS) is 1. The van der Waals surface area contributed by atoms with Crippen LogP contribution in [0.2, 0.25) is 0 Å². The highest BCUT2D eigenvalue weighted by atomic mass is 35.5. The Morgan fingerprint density at radius 1 is 1.25 bits per heavy atom. The van der Waals surface area contributed by atoms with Crippen molar-refractivity contribution in [2.75, 3.05) is 6.61 Å². The average Bonchev–Trinajstić information content (AvgIpc) is 2.59. The van der Waals surface area contributed by atoms with Gasteiger partial charge in [0.25, 0.3) is 0 Å². The number of halogens is 3. The lowest BCUT2D eigenvalue weighted by atomic mass is 9.73. The highest BCUT2D eigenvalue weighted by molar-refractivity contribution is 6.51. The molecule has 0 aromatic heterocycles. The number of esters is 2. The SMILES string of the molecule is CC(=CC1(C(C)CO)C=C(C)C(=O)OC(Cl)C(Cl)(Cl)OC(=O)C(C)=C1)C(=O)O. The number of hydrogen-bond acceptors (Lipinski definition) is 6. The van der Waals surface area contributed by atoms with Crippen molar-refractivity contribution < 1.29 is 34.1 Å². The molecule has 7 nitrogen and oxygen atoms in total. The molecule has 0 bridgehead atoms. The Hall–Kier alpha value is -1.54. The Kier molecular flexibility index (Phi) is 8.14. The summed E-state index contributed by atoms with van der Waals surface area (Å²) in [5.74, 6) is -3.71. The summed E-state index contributed by atoms with van der Waals surface area (Å²) in [6.45, 7) is 5.38. The van der Waals surface area contributed by atoms with Gasteiger partial charge in [0.2, 0.25) is 5.56 Å². The molecule has 2 N–H and O–H groups in total. The molecule has 0 aromatic carbocycles. The van der Waals surface area contributed by atoms with Crippen LogP contribution in [0.1, 0.15) is 27.7 Å². The van der Waals surface area contributed by atoms with Gasteiger partial charge >= 0.3 is 22.4 Å². The van der Waals surface area contributed by atoms with Gasteiger partial charge in [0, 0.05) is 28.7 Å². The van der Waals surface area contributed by atoms with Gasteiger partial charge in [-0.05, 0) is 26.7 Å². The standard InChI is InChI=1S/C18H21Cl3O7/c1-9(13(23)24)5-17(12(4)8-22)6-10(2)14(25)27-16(19)18(20,21)28-15(26)11(3)7-17/h5-7,12,16,22H,8H2,1-4H3,(H,23,24). The number of allylic oxidation sites excluding steroid dienone is 3. The maximum Gasteiger partial charge on any atom is 0.336 e. The normalized spacial score (nSPS) is 27.6. The molecule has 10 heteroatoms. The van der Waals surface area contributed by atoms with Gasteiger partial charge in [-0.1, -0.05) is 60.0 Å². The van der Waals surface area contributed by atoms with E-state index in [0.717, 1.165) is 0 Å². The van der Waals surface area contributed by atoms with Crippen molar-refractivity contribution >= 4 is 52.7 Å². The molecule has 1 heterocycles. The molecule has 0 amide bonds. The zero-order valence-electron chi connectivity index (χ0n) is 15.7. The molecule has 28 heavy (non-hydrogen) atoms. The van der Waals surface area contributed by atoms with Crippen LogP contribution in [0.3, 0.4) is 0 Å². The van der Waals surface area contributed by atoms with Gasteiger partial charge in [-0.15, -0.1) is 0 Å². The van der Waals surface area contributed by atoms with E-state index >= 15 is 0 Å². The molecule has 3 atom stereocenters. The third kappa shape index (κ3) is 5.73. The Bertz CT molecular complexity index is 754. The molecule has 0 saturated carbocycles. The summed E-state index contributed by atoms with van der Waals surface area (Å²) < 4.78 is 7.52. The molecule has 156 valence electrons. The largest absolute Gasteiger partial charge is 0.478 e. The third-order valence-corrected chi connectivity index (χ3v) is 5.38.